The molecule has 0 N–H and O–H groups in total. The van der Waals surface area contributed by atoms with E-state index in [0.29, 0.717) is 17.6 Å². The van der Waals surface area contributed by atoms with Gasteiger partial charge in [-0.15, -0.1) is 0 Å². The number of oxazole rings is 1. The summed E-state index contributed by atoms with van der Waals surface area (Å²) in [6.45, 7) is 6.02. The highest BCUT2D eigenvalue weighted by molar-refractivity contribution is 6.18. The molecule has 2 aromatic rings. The maximum absolute atomic E-state index is 13.1. The van der Waals surface area contributed by atoms with Gasteiger partial charge in [0, 0.05) is 12.0 Å². The van der Waals surface area contributed by atoms with Crippen LogP contribution < -0.4 is 4.57 Å². The predicted octanol–water partition coefficient (Wildman–Crippen LogP) is 2.17. The molecule has 7 nitrogen and oxygen atoms in total. The molecule has 0 radical (unpaired) electrons. The minimum Gasteiger partial charge on any atom is -0.390 e. The van der Waals surface area contributed by atoms with Crippen molar-refractivity contribution in [3.63, 3.8) is 0 Å². The largest absolute Gasteiger partial charge is 0.506 e. The number of aliphatic imine (C=N–C) groups is 1. The van der Waals surface area contributed by atoms with Crippen LogP contribution in [0.3, 0.4) is 0 Å². The second-order valence-electron chi connectivity index (χ2n) is 6.60. The van der Waals surface area contributed by atoms with Gasteiger partial charge < -0.3 is 4.42 Å². The maximum atomic E-state index is 13.1. The molecule has 1 aromatic heterocycles. The summed E-state index contributed by atoms with van der Waals surface area (Å²) in [5.41, 5.74) is 3.10. The van der Waals surface area contributed by atoms with Crippen molar-refractivity contribution in [1.82, 2.24) is 9.80 Å². The molecule has 2 aliphatic rings. The summed E-state index contributed by atoms with van der Waals surface area (Å²) in [5, 5.41) is 0. The summed E-state index contributed by atoms with van der Waals surface area (Å²) >= 11 is 0. The van der Waals surface area contributed by atoms with Crippen molar-refractivity contribution in [1.29, 1.82) is 0 Å². The van der Waals surface area contributed by atoms with E-state index in [4.69, 9.17) is 4.42 Å². The van der Waals surface area contributed by atoms with Crippen LogP contribution in [0.4, 0.5) is 10.8 Å². The molecular formula is C18H19N4O3+. The molecule has 0 bridgehead atoms. The lowest BCUT2D eigenvalue weighted by atomic mass is 10.0. The van der Waals surface area contributed by atoms with Crippen LogP contribution >= 0.6 is 0 Å². The van der Waals surface area contributed by atoms with Crippen LogP contribution in [0, 0.1) is 20.8 Å². The van der Waals surface area contributed by atoms with Crippen molar-refractivity contribution < 1.29 is 18.6 Å². The molecule has 0 saturated carbocycles. The highest BCUT2D eigenvalue weighted by atomic mass is 16.4. The third kappa shape index (κ3) is 2.26. The number of carbonyl (C=O) groups excluding carboxylic acids is 2. The van der Waals surface area contributed by atoms with Crippen molar-refractivity contribution in [2.75, 3.05) is 7.05 Å². The molecule has 1 atom stereocenters. The second-order valence-corrected chi connectivity index (χ2v) is 6.60. The Bertz CT molecular complexity index is 944. The summed E-state index contributed by atoms with van der Waals surface area (Å²) in [5.74, 6) is 0.796. The van der Waals surface area contributed by atoms with E-state index in [1.165, 1.54) is 9.80 Å². The number of hydrogen-bond donors (Lipinski definition) is 0. The van der Waals surface area contributed by atoms with Crippen molar-refractivity contribution in [3.8, 4) is 0 Å². The average Bonchev–Trinajstić information content (AvgIpc) is 3.08. The van der Waals surface area contributed by atoms with Gasteiger partial charge in [0.05, 0.1) is 6.54 Å². The Morgan fingerprint density at radius 3 is 2.76 bits per heavy atom. The van der Waals surface area contributed by atoms with Gasteiger partial charge in [-0.3, -0.25) is 14.6 Å². The fraction of sp³-hybridized carbons (Fsp3) is 0.333. The summed E-state index contributed by atoms with van der Waals surface area (Å²) in [7, 11) is 1.63. The number of amidine groups is 1. The summed E-state index contributed by atoms with van der Waals surface area (Å²) in [6, 6.07) is 5.35. The first-order valence-corrected chi connectivity index (χ1v) is 8.12. The van der Waals surface area contributed by atoms with Gasteiger partial charge in [0.15, 0.2) is 0 Å². The van der Waals surface area contributed by atoms with Gasteiger partial charge in [-0.2, -0.15) is 4.57 Å². The average molecular weight is 339 g/mol. The molecule has 0 aliphatic carbocycles. The first-order valence-electron chi connectivity index (χ1n) is 8.12. The first kappa shape index (κ1) is 15.6. The monoisotopic (exact) mass is 339 g/mol. The number of urea groups is 1. The van der Waals surface area contributed by atoms with Crippen LogP contribution in [0.15, 0.2) is 33.8 Å². The second kappa shape index (κ2) is 5.27. The van der Waals surface area contributed by atoms with Gasteiger partial charge in [0.2, 0.25) is 0 Å². The van der Waals surface area contributed by atoms with Crippen LogP contribution in [0.1, 0.15) is 28.5 Å². The number of aryl methyl sites for hydroxylation is 3. The Hall–Kier alpha value is -2.96. The van der Waals surface area contributed by atoms with E-state index in [9.17, 15) is 9.59 Å². The number of fused-ring (bicyclic) bond motifs is 3. The highest BCUT2D eigenvalue weighted by Gasteiger charge is 2.54. The normalized spacial score (nSPS) is 19.2. The lowest BCUT2D eigenvalue weighted by Crippen LogP contribution is -2.62. The Morgan fingerprint density at radius 1 is 1.24 bits per heavy atom. The summed E-state index contributed by atoms with van der Waals surface area (Å²) in [4.78, 5) is 32.8. The zero-order chi connectivity index (χ0) is 17.9. The van der Waals surface area contributed by atoms with Gasteiger partial charge in [-0.1, -0.05) is 23.8 Å². The van der Waals surface area contributed by atoms with Crippen molar-refractivity contribution >= 4 is 23.8 Å². The fourth-order valence-electron chi connectivity index (χ4n) is 3.32. The zero-order valence-electron chi connectivity index (χ0n) is 14.6. The van der Waals surface area contributed by atoms with Gasteiger partial charge in [0.1, 0.15) is 12.0 Å². The van der Waals surface area contributed by atoms with E-state index in [1.54, 1.807) is 24.7 Å². The molecule has 1 unspecified atom stereocenters. The molecule has 128 valence electrons. The maximum Gasteiger partial charge on any atom is 0.506 e. The standard InChI is InChI=1S/C18H19N4O3/c1-10-5-6-11(2)13(7-10)9-22-16(23)14-15(20(4)18(22)24)19-17-21(14)8-12(3)25-17/h5-8,14H,9H2,1-4H3/q+1. The number of carbonyl (C=O) groups is 2. The minimum atomic E-state index is -0.653. The number of amides is 3. The van der Waals surface area contributed by atoms with Gasteiger partial charge >= 0.3 is 12.0 Å². The highest BCUT2D eigenvalue weighted by Crippen LogP contribution is 2.29. The molecule has 25 heavy (non-hydrogen) atoms. The van der Waals surface area contributed by atoms with E-state index < -0.39 is 6.04 Å². The lowest BCUT2D eigenvalue weighted by molar-refractivity contribution is -0.679. The Kier molecular flexibility index (Phi) is 3.28. The number of likely N-dealkylation sites (N-methyl/N-ethyl adjacent to an activating group) is 1. The number of imide groups is 1. The number of hydrogen-bond acceptors (Lipinski definition) is 4. The number of benzene rings is 1. The molecule has 2 aliphatic heterocycles. The van der Waals surface area contributed by atoms with E-state index in [1.807, 2.05) is 32.0 Å². The van der Waals surface area contributed by atoms with Crippen LogP contribution in [0.5, 0.6) is 0 Å². The van der Waals surface area contributed by atoms with Crippen molar-refractivity contribution in [2.45, 2.75) is 33.4 Å². The lowest BCUT2D eigenvalue weighted by Gasteiger charge is -2.32. The molecule has 7 heteroatoms. The van der Waals surface area contributed by atoms with Crippen LogP contribution in [0.2, 0.25) is 0 Å². The topological polar surface area (TPSA) is 70.0 Å². The molecule has 1 aromatic carbocycles. The zero-order valence-corrected chi connectivity index (χ0v) is 14.6. The SMILES string of the molecule is Cc1ccc(C)c(CN2C(=O)C3C(=Nc4oc(C)c[n+]43)N(C)C2=O)c1. The molecule has 1 saturated heterocycles. The predicted molar refractivity (Wildman–Crippen MR) is 89.4 cm³/mol. The molecule has 4 rings (SSSR count). The van der Waals surface area contributed by atoms with Crippen LogP contribution in [-0.2, 0) is 11.3 Å². The molecule has 1 fully saturated rings. The fourth-order valence-corrected chi connectivity index (χ4v) is 3.32. The van der Waals surface area contributed by atoms with Crippen LogP contribution in [0.25, 0.3) is 0 Å². The third-order valence-corrected chi connectivity index (χ3v) is 4.72. The minimum absolute atomic E-state index is 0.242. The Labute approximate surface area is 145 Å². The van der Waals surface area contributed by atoms with E-state index in [2.05, 4.69) is 4.99 Å². The van der Waals surface area contributed by atoms with Crippen LogP contribution in [-0.4, -0.2) is 34.6 Å². The van der Waals surface area contributed by atoms with Gasteiger partial charge in [0.25, 0.3) is 17.8 Å². The Morgan fingerprint density at radius 2 is 2.00 bits per heavy atom. The first-order chi connectivity index (χ1) is 11.9. The smallest absolute Gasteiger partial charge is 0.390 e. The van der Waals surface area contributed by atoms with Gasteiger partial charge in [-0.05, 0) is 31.9 Å². The number of aromatic nitrogens is 1. The number of rotatable bonds is 2. The molecule has 0 spiro atoms. The van der Waals surface area contributed by atoms with Crippen molar-refractivity contribution in [2.24, 2.45) is 4.99 Å². The van der Waals surface area contributed by atoms with Crippen molar-refractivity contribution in [3.05, 3.63) is 46.8 Å². The van der Waals surface area contributed by atoms with E-state index >= 15 is 0 Å². The number of nitrogens with zero attached hydrogens (tertiary/aromatic N) is 4. The van der Waals surface area contributed by atoms with Gasteiger partial charge in [-0.25, -0.2) is 4.79 Å². The molecule has 3 amide bonds. The molecular weight excluding hydrogens is 320 g/mol. The third-order valence-electron chi connectivity index (χ3n) is 4.72. The summed E-state index contributed by atoms with van der Waals surface area (Å²) in [6.07, 6.45) is 1.74. The summed E-state index contributed by atoms with van der Waals surface area (Å²) < 4.78 is 7.19. The quantitative estimate of drug-likeness (QED) is 0.788. The van der Waals surface area contributed by atoms with E-state index in [-0.39, 0.29) is 18.5 Å². The Balaban J connectivity index is 1.73. The molecule has 3 heterocycles. The van der Waals surface area contributed by atoms with E-state index in [0.717, 1.165) is 16.7 Å².